The van der Waals surface area contributed by atoms with Crippen LogP contribution in [0.25, 0.3) is 0 Å². The van der Waals surface area contributed by atoms with Gasteiger partial charge >= 0.3 is 5.97 Å². The Labute approximate surface area is 113 Å². The van der Waals surface area contributed by atoms with Gasteiger partial charge in [0.25, 0.3) is 0 Å². The summed E-state index contributed by atoms with van der Waals surface area (Å²) in [5.74, 6) is -0.971. The van der Waals surface area contributed by atoms with Gasteiger partial charge in [0, 0.05) is 14.6 Å². The van der Waals surface area contributed by atoms with E-state index in [-0.39, 0.29) is 5.69 Å². The molecule has 2 rings (SSSR count). The number of carboxylic acid groups (broad SMARTS) is 1. The third-order valence-corrected chi connectivity index (χ3v) is 4.64. The fourth-order valence-electron chi connectivity index (χ4n) is 1.54. The lowest BCUT2D eigenvalue weighted by Crippen LogP contribution is -2.00. The summed E-state index contributed by atoms with van der Waals surface area (Å²) in [6, 6.07) is 4.21. The Balaban J connectivity index is 2.01. The molecule has 0 atom stereocenters. The number of rotatable bonds is 5. The van der Waals surface area contributed by atoms with Crippen LogP contribution in [0.4, 0.5) is 5.13 Å². The van der Waals surface area contributed by atoms with Crippen LogP contribution in [-0.2, 0) is 13.0 Å². The van der Waals surface area contributed by atoms with Crippen LogP contribution >= 0.6 is 22.7 Å². The molecule has 0 aliphatic carbocycles. The van der Waals surface area contributed by atoms with Gasteiger partial charge in [-0.1, -0.05) is 6.92 Å². The predicted molar refractivity (Wildman–Crippen MR) is 74.8 cm³/mol. The Morgan fingerprint density at radius 2 is 2.11 bits per heavy atom. The monoisotopic (exact) mass is 282 g/mol. The van der Waals surface area contributed by atoms with Crippen LogP contribution in [0.1, 0.15) is 32.0 Å². The molecule has 0 spiro atoms. The maximum atomic E-state index is 10.9. The molecule has 0 aliphatic heterocycles. The van der Waals surface area contributed by atoms with Crippen molar-refractivity contribution in [3.63, 3.8) is 0 Å². The summed E-state index contributed by atoms with van der Waals surface area (Å²) in [5, 5.41) is 12.8. The number of thiazole rings is 1. The van der Waals surface area contributed by atoms with Gasteiger partial charge in [0.05, 0.1) is 6.54 Å². The van der Waals surface area contributed by atoms with Gasteiger partial charge in [0.2, 0.25) is 0 Å². The van der Waals surface area contributed by atoms with Gasteiger partial charge in [-0.3, -0.25) is 0 Å². The zero-order valence-corrected chi connectivity index (χ0v) is 11.8. The zero-order valence-electron chi connectivity index (χ0n) is 10.2. The number of thiophene rings is 1. The fourth-order valence-corrected chi connectivity index (χ4v) is 3.24. The van der Waals surface area contributed by atoms with Crippen LogP contribution < -0.4 is 5.32 Å². The average Bonchev–Trinajstić information content (AvgIpc) is 2.92. The molecule has 0 unspecified atom stereocenters. The quantitative estimate of drug-likeness (QED) is 0.882. The predicted octanol–water partition coefficient (Wildman–Crippen LogP) is 3.39. The molecule has 0 amide bonds. The van der Waals surface area contributed by atoms with Gasteiger partial charge < -0.3 is 10.4 Å². The van der Waals surface area contributed by atoms with E-state index < -0.39 is 5.97 Å². The smallest absolute Gasteiger partial charge is 0.355 e. The summed E-state index contributed by atoms with van der Waals surface area (Å²) in [7, 11) is 0. The van der Waals surface area contributed by atoms with Crippen LogP contribution in [0.5, 0.6) is 0 Å². The molecular weight excluding hydrogens is 268 g/mol. The van der Waals surface area contributed by atoms with Crippen LogP contribution in [-0.4, -0.2) is 16.1 Å². The molecule has 2 aromatic rings. The molecule has 0 bridgehead atoms. The minimum atomic E-state index is -0.971. The van der Waals surface area contributed by atoms with E-state index in [0.29, 0.717) is 11.7 Å². The molecule has 0 aliphatic rings. The molecule has 18 heavy (non-hydrogen) atoms. The maximum absolute atomic E-state index is 10.9. The molecule has 0 fully saturated rings. The van der Waals surface area contributed by atoms with E-state index in [0.717, 1.165) is 11.3 Å². The number of hydrogen-bond acceptors (Lipinski definition) is 5. The Morgan fingerprint density at radius 1 is 1.39 bits per heavy atom. The number of aromatic nitrogens is 1. The van der Waals surface area contributed by atoms with Crippen molar-refractivity contribution in [1.29, 1.82) is 0 Å². The molecule has 4 nitrogen and oxygen atoms in total. The van der Waals surface area contributed by atoms with E-state index >= 15 is 0 Å². The highest BCUT2D eigenvalue weighted by atomic mass is 32.1. The first-order chi connectivity index (χ1) is 8.60. The minimum absolute atomic E-state index is 0.142. The van der Waals surface area contributed by atoms with Gasteiger partial charge in [0.15, 0.2) is 10.8 Å². The van der Waals surface area contributed by atoms with E-state index in [1.807, 2.05) is 0 Å². The van der Waals surface area contributed by atoms with Crippen molar-refractivity contribution >= 4 is 33.8 Å². The van der Waals surface area contributed by atoms with Crippen molar-refractivity contribution in [2.75, 3.05) is 5.32 Å². The summed E-state index contributed by atoms with van der Waals surface area (Å²) < 4.78 is 0. The molecule has 2 heterocycles. The van der Waals surface area contributed by atoms with Crippen molar-refractivity contribution < 1.29 is 9.90 Å². The van der Waals surface area contributed by atoms with Gasteiger partial charge in [-0.05, 0) is 25.5 Å². The number of anilines is 1. The Kier molecular flexibility index (Phi) is 3.98. The van der Waals surface area contributed by atoms with Crippen molar-refractivity contribution in [3.05, 3.63) is 32.5 Å². The normalized spacial score (nSPS) is 10.6. The minimum Gasteiger partial charge on any atom is -0.476 e. The third-order valence-electron chi connectivity index (χ3n) is 2.48. The summed E-state index contributed by atoms with van der Waals surface area (Å²) in [5.41, 5.74) is 0.142. The molecule has 0 aromatic carbocycles. The number of aryl methyl sites for hydroxylation is 2. The first-order valence-corrected chi connectivity index (χ1v) is 7.25. The van der Waals surface area contributed by atoms with E-state index in [1.165, 1.54) is 21.1 Å². The molecular formula is C12H14N2O2S2. The van der Waals surface area contributed by atoms with Gasteiger partial charge in [-0.2, -0.15) is 0 Å². The second-order valence-electron chi connectivity index (χ2n) is 3.80. The number of nitrogens with one attached hydrogen (secondary N) is 1. The van der Waals surface area contributed by atoms with Gasteiger partial charge in [0.1, 0.15) is 0 Å². The van der Waals surface area contributed by atoms with E-state index in [9.17, 15) is 4.79 Å². The number of hydrogen-bond donors (Lipinski definition) is 2. The SMILES string of the molecule is CCc1ccc(CNc2nc(C(=O)O)c(C)s2)s1. The van der Waals surface area contributed by atoms with Crippen molar-refractivity contribution in [1.82, 2.24) is 4.98 Å². The highest BCUT2D eigenvalue weighted by Gasteiger charge is 2.13. The topological polar surface area (TPSA) is 62.2 Å². The molecule has 6 heteroatoms. The van der Waals surface area contributed by atoms with Crippen molar-refractivity contribution in [2.45, 2.75) is 26.8 Å². The fraction of sp³-hybridized carbons (Fsp3) is 0.333. The average molecular weight is 282 g/mol. The van der Waals surface area contributed by atoms with Crippen LogP contribution in [0.2, 0.25) is 0 Å². The second kappa shape index (κ2) is 5.49. The first kappa shape index (κ1) is 13.0. The van der Waals surface area contributed by atoms with Crippen LogP contribution in [0.15, 0.2) is 12.1 Å². The summed E-state index contributed by atoms with van der Waals surface area (Å²) >= 11 is 3.14. The lowest BCUT2D eigenvalue weighted by molar-refractivity contribution is 0.0690. The van der Waals surface area contributed by atoms with Gasteiger partial charge in [-0.15, -0.1) is 22.7 Å². The Morgan fingerprint density at radius 3 is 2.67 bits per heavy atom. The Bertz CT molecular complexity index is 560. The number of aromatic carboxylic acids is 1. The first-order valence-electron chi connectivity index (χ1n) is 5.62. The molecule has 0 saturated carbocycles. The van der Waals surface area contributed by atoms with Crippen LogP contribution in [0, 0.1) is 6.92 Å². The number of carboxylic acids is 1. The van der Waals surface area contributed by atoms with Crippen molar-refractivity contribution in [3.8, 4) is 0 Å². The lowest BCUT2D eigenvalue weighted by Gasteiger charge is -1.98. The molecule has 0 radical (unpaired) electrons. The lowest BCUT2D eigenvalue weighted by atomic mass is 10.4. The van der Waals surface area contributed by atoms with E-state index in [1.54, 1.807) is 18.3 Å². The maximum Gasteiger partial charge on any atom is 0.355 e. The second-order valence-corrected chi connectivity index (χ2v) is 6.26. The van der Waals surface area contributed by atoms with E-state index in [4.69, 9.17) is 5.11 Å². The highest BCUT2D eigenvalue weighted by molar-refractivity contribution is 7.15. The van der Waals surface area contributed by atoms with Crippen LogP contribution in [0.3, 0.4) is 0 Å². The molecule has 2 N–H and O–H groups in total. The molecule has 2 aromatic heterocycles. The summed E-state index contributed by atoms with van der Waals surface area (Å²) in [6.07, 6.45) is 1.05. The highest BCUT2D eigenvalue weighted by Crippen LogP contribution is 2.24. The third kappa shape index (κ3) is 2.88. The Hall–Kier alpha value is -1.40. The largest absolute Gasteiger partial charge is 0.476 e. The number of nitrogens with zero attached hydrogens (tertiary/aromatic N) is 1. The number of carbonyl (C=O) groups is 1. The standard InChI is InChI=1S/C12H14N2O2S2/c1-3-8-4-5-9(18-8)6-13-12-14-10(11(15)16)7(2)17-12/h4-5H,3,6H2,1-2H3,(H,13,14)(H,15,16). The summed E-state index contributed by atoms with van der Waals surface area (Å²) in [4.78, 5) is 18.2. The molecule has 0 saturated heterocycles. The van der Waals surface area contributed by atoms with E-state index in [2.05, 4.69) is 29.4 Å². The van der Waals surface area contributed by atoms with Gasteiger partial charge in [-0.25, -0.2) is 9.78 Å². The molecule has 96 valence electrons. The zero-order chi connectivity index (χ0) is 13.1. The summed E-state index contributed by atoms with van der Waals surface area (Å²) in [6.45, 7) is 4.59. The van der Waals surface area contributed by atoms with Crippen molar-refractivity contribution in [2.24, 2.45) is 0 Å².